The number of hydrogen-bond donors (Lipinski definition) is 1. The fourth-order valence-corrected chi connectivity index (χ4v) is 3.06. The summed E-state index contributed by atoms with van der Waals surface area (Å²) < 4.78 is 44.0. The number of carbonyl (C=O) groups excluding carboxylic acids is 1. The Morgan fingerprint density at radius 2 is 2.11 bits per heavy atom. The van der Waals surface area contributed by atoms with Crippen molar-refractivity contribution in [1.29, 1.82) is 0 Å². The van der Waals surface area contributed by atoms with Crippen LogP contribution in [0.3, 0.4) is 0 Å². The van der Waals surface area contributed by atoms with Crippen LogP contribution < -0.4 is 15.0 Å². The second-order valence-electron chi connectivity index (χ2n) is 6.28. The summed E-state index contributed by atoms with van der Waals surface area (Å²) in [5.41, 5.74) is 0.425. The van der Waals surface area contributed by atoms with Gasteiger partial charge in [0.05, 0.1) is 12.8 Å². The Hall–Kier alpha value is -2.84. The first-order chi connectivity index (χ1) is 12.8. The Kier molecular flexibility index (Phi) is 5.20. The topological polar surface area (TPSA) is 67.3 Å². The van der Waals surface area contributed by atoms with Gasteiger partial charge in [-0.1, -0.05) is 6.07 Å². The van der Waals surface area contributed by atoms with E-state index in [1.165, 1.54) is 12.0 Å². The van der Waals surface area contributed by atoms with Gasteiger partial charge >= 0.3 is 6.18 Å². The average molecular weight is 380 g/mol. The van der Waals surface area contributed by atoms with Crippen LogP contribution in [0.15, 0.2) is 30.5 Å². The highest BCUT2D eigenvalue weighted by Crippen LogP contribution is 2.31. The maximum Gasteiger partial charge on any atom is 0.433 e. The van der Waals surface area contributed by atoms with Crippen molar-refractivity contribution in [3.05, 3.63) is 41.7 Å². The van der Waals surface area contributed by atoms with Crippen molar-refractivity contribution in [2.75, 3.05) is 23.9 Å². The lowest BCUT2D eigenvalue weighted by atomic mass is 10.1. The van der Waals surface area contributed by atoms with Gasteiger partial charge in [0, 0.05) is 12.7 Å². The van der Waals surface area contributed by atoms with Crippen LogP contribution in [-0.2, 0) is 11.0 Å². The molecule has 144 valence electrons. The number of carbonyl (C=O) groups is 1. The van der Waals surface area contributed by atoms with E-state index in [2.05, 4.69) is 15.3 Å². The minimum absolute atomic E-state index is 0.0984. The van der Waals surface area contributed by atoms with E-state index >= 15 is 0 Å². The molecule has 0 radical (unpaired) electrons. The number of nitrogens with zero attached hydrogens (tertiary/aromatic N) is 3. The Balaban J connectivity index is 1.83. The monoisotopic (exact) mass is 380 g/mol. The quantitative estimate of drug-likeness (QED) is 0.880. The van der Waals surface area contributed by atoms with Gasteiger partial charge in [0.15, 0.2) is 0 Å². The third-order valence-electron chi connectivity index (χ3n) is 4.36. The summed E-state index contributed by atoms with van der Waals surface area (Å²) in [6, 6.07) is 5.53. The Bertz CT molecular complexity index is 842. The Morgan fingerprint density at radius 3 is 2.81 bits per heavy atom. The normalized spacial score (nSPS) is 17.1. The number of alkyl halides is 3. The number of ether oxygens (including phenoxy) is 1. The summed E-state index contributed by atoms with van der Waals surface area (Å²) in [6.45, 7) is 2.29. The number of aryl methyl sites for hydroxylation is 1. The van der Waals surface area contributed by atoms with Crippen molar-refractivity contribution >= 4 is 17.5 Å². The molecule has 1 aromatic heterocycles. The number of amides is 1. The van der Waals surface area contributed by atoms with Crippen molar-refractivity contribution in [3.8, 4) is 5.75 Å². The molecule has 1 fully saturated rings. The second-order valence-corrected chi connectivity index (χ2v) is 6.28. The molecule has 0 spiro atoms. The smallest absolute Gasteiger partial charge is 0.433 e. The van der Waals surface area contributed by atoms with Crippen molar-refractivity contribution in [1.82, 2.24) is 9.97 Å². The molecule has 6 nitrogen and oxygen atoms in total. The van der Waals surface area contributed by atoms with Crippen LogP contribution in [0.25, 0.3) is 0 Å². The molecule has 1 N–H and O–H groups in total. The van der Waals surface area contributed by atoms with Crippen LogP contribution >= 0.6 is 0 Å². The van der Waals surface area contributed by atoms with Gasteiger partial charge in [-0.25, -0.2) is 9.97 Å². The summed E-state index contributed by atoms with van der Waals surface area (Å²) in [7, 11) is 1.50. The highest BCUT2D eigenvalue weighted by Gasteiger charge is 2.36. The van der Waals surface area contributed by atoms with Crippen molar-refractivity contribution < 1.29 is 22.7 Å². The third-order valence-corrected chi connectivity index (χ3v) is 4.36. The Labute approximate surface area is 154 Å². The van der Waals surface area contributed by atoms with Crippen LogP contribution in [0.5, 0.6) is 5.75 Å². The third kappa shape index (κ3) is 4.12. The number of rotatable bonds is 4. The zero-order valence-corrected chi connectivity index (χ0v) is 14.9. The van der Waals surface area contributed by atoms with Crippen molar-refractivity contribution in [2.24, 2.45) is 0 Å². The first-order valence-electron chi connectivity index (χ1n) is 8.42. The first kappa shape index (κ1) is 18.9. The lowest BCUT2D eigenvalue weighted by Crippen LogP contribution is -2.40. The summed E-state index contributed by atoms with van der Waals surface area (Å²) in [5.74, 6) is 0.0740. The fourth-order valence-electron chi connectivity index (χ4n) is 3.06. The molecule has 0 saturated carbocycles. The molecular weight excluding hydrogens is 361 g/mol. The fraction of sp³-hybridized carbons (Fsp3) is 0.389. The largest absolute Gasteiger partial charge is 0.495 e. The molecule has 27 heavy (non-hydrogen) atoms. The molecule has 2 heterocycles. The number of halogens is 3. The molecule has 1 atom stereocenters. The standard InChI is InChI=1S/C18H19F3N4O2/c1-11-5-6-14(27-2)12(10-11)23-16(26)13-4-3-9-25(13)17-22-8-7-15(24-17)18(19,20)21/h5-8,10,13H,3-4,9H2,1-2H3,(H,23,26). The molecule has 1 aliphatic heterocycles. The van der Waals surface area contributed by atoms with E-state index in [0.717, 1.165) is 17.8 Å². The Morgan fingerprint density at radius 1 is 1.33 bits per heavy atom. The highest BCUT2D eigenvalue weighted by atomic mass is 19.4. The van der Waals surface area contributed by atoms with Crippen LogP contribution in [-0.4, -0.2) is 35.6 Å². The van der Waals surface area contributed by atoms with E-state index in [1.807, 2.05) is 13.0 Å². The van der Waals surface area contributed by atoms with E-state index in [-0.39, 0.29) is 11.9 Å². The van der Waals surface area contributed by atoms with E-state index in [9.17, 15) is 18.0 Å². The van der Waals surface area contributed by atoms with Crippen LogP contribution in [0.1, 0.15) is 24.1 Å². The molecule has 1 amide bonds. The molecule has 1 aliphatic rings. The van der Waals surface area contributed by atoms with Gasteiger partial charge in [0.25, 0.3) is 0 Å². The van der Waals surface area contributed by atoms with Gasteiger partial charge < -0.3 is 15.0 Å². The lowest BCUT2D eigenvalue weighted by Gasteiger charge is -2.24. The summed E-state index contributed by atoms with van der Waals surface area (Å²) in [5, 5.41) is 2.81. The molecule has 1 saturated heterocycles. The highest BCUT2D eigenvalue weighted by molar-refractivity contribution is 5.98. The van der Waals surface area contributed by atoms with E-state index in [0.29, 0.717) is 30.8 Å². The van der Waals surface area contributed by atoms with E-state index in [1.54, 1.807) is 12.1 Å². The molecule has 9 heteroatoms. The first-order valence-corrected chi connectivity index (χ1v) is 8.42. The number of anilines is 2. The maximum atomic E-state index is 12.9. The van der Waals surface area contributed by atoms with Gasteiger partial charge in [-0.3, -0.25) is 4.79 Å². The minimum Gasteiger partial charge on any atom is -0.495 e. The second kappa shape index (κ2) is 7.42. The molecular formula is C18H19F3N4O2. The summed E-state index contributed by atoms with van der Waals surface area (Å²) in [4.78, 5) is 21.8. The van der Waals surface area contributed by atoms with Crippen molar-refractivity contribution in [3.63, 3.8) is 0 Å². The number of benzene rings is 1. The van der Waals surface area contributed by atoms with Crippen LogP contribution in [0.2, 0.25) is 0 Å². The SMILES string of the molecule is COc1ccc(C)cc1NC(=O)C1CCCN1c1nccc(C(F)(F)F)n1. The number of aromatic nitrogens is 2. The van der Waals surface area contributed by atoms with E-state index in [4.69, 9.17) is 4.74 Å². The van der Waals surface area contributed by atoms with Gasteiger partial charge in [-0.2, -0.15) is 13.2 Å². The zero-order valence-electron chi connectivity index (χ0n) is 14.9. The lowest BCUT2D eigenvalue weighted by molar-refractivity contribution is -0.141. The van der Waals surface area contributed by atoms with Crippen LogP contribution in [0.4, 0.5) is 24.8 Å². The average Bonchev–Trinajstić information content (AvgIpc) is 3.11. The van der Waals surface area contributed by atoms with Gasteiger partial charge in [-0.05, 0) is 43.5 Å². The molecule has 2 aromatic rings. The van der Waals surface area contributed by atoms with Gasteiger partial charge in [0.2, 0.25) is 11.9 Å². The predicted molar refractivity (Wildman–Crippen MR) is 93.8 cm³/mol. The van der Waals surface area contributed by atoms with E-state index < -0.39 is 17.9 Å². The molecule has 0 aliphatic carbocycles. The van der Waals surface area contributed by atoms with Crippen molar-refractivity contribution in [2.45, 2.75) is 32.0 Å². The summed E-state index contributed by atoms with van der Waals surface area (Å²) in [6.07, 6.45) is -2.35. The zero-order chi connectivity index (χ0) is 19.6. The predicted octanol–water partition coefficient (Wildman–Crippen LogP) is 3.42. The molecule has 1 unspecified atom stereocenters. The molecule has 3 rings (SSSR count). The minimum atomic E-state index is -4.57. The molecule has 0 bridgehead atoms. The van der Waals surface area contributed by atoms with Gasteiger partial charge in [0.1, 0.15) is 17.5 Å². The number of hydrogen-bond acceptors (Lipinski definition) is 5. The van der Waals surface area contributed by atoms with Crippen LogP contribution in [0, 0.1) is 6.92 Å². The number of methoxy groups -OCH3 is 1. The van der Waals surface area contributed by atoms with Gasteiger partial charge in [-0.15, -0.1) is 0 Å². The maximum absolute atomic E-state index is 12.9. The summed E-state index contributed by atoms with van der Waals surface area (Å²) >= 11 is 0. The number of nitrogens with one attached hydrogen (secondary N) is 1. The molecule has 1 aromatic carbocycles.